The van der Waals surface area contributed by atoms with Gasteiger partial charge in [-0.3, -0.25) is 9.59 Å². The summed E-state index contributed by atoms with van der Waals surface area (Å²) in [6, 6.07) is 13.4. The van der Waals surface area contributed by atoms with Gasteiger partial charge in [0.15, 0.2) is 0 Å². The molecule has 6 heteroatoms. The van der Waals surface area contributed by atoms with Gasteiger partial charge in [-0.25, -0.2) is 4.98 Å². The third-order valence-electron chi connectivity index (χ3n) is 4.85. The second-order valence-electron chi connectivity index (χ2n) is 6.51. The topological polar surface area (TPSA) is 67.2 Å². The van der Waals surface area contributed by atoms with E-state index in [0.717, 1.165) is 28.8 Å². The van der Waals surface area contributed by atoms with E-state index in [1.807, 2.05) is 49.5 Å². The molecule has 0 bridgehead atoms. The second kappa shape index (κ2) is 6.63. The zero-order valence-electron chi connectivity index (χ0n) is 14.6. The first-order chi connectivity index (χ1) is 12.6. The van der Waals surface area contributed by atoms with E-state index < -0.39 is 0 Å². The van der Waals surface area contributed by atoms with Gasteiger partial charge in [0, 0.05) is 18.7 Å². The number of amides is 2. The minimum absolute atomic E-state index is 0.00121. The van der Waals surface area contributed by atoms with Gasteiger partial charge < -0.3 is 14.8 Å². The van der Waals surface area contributed by atoms with E-state index in [1.54, 1.807) is 11.0 Å². The summed E-state index contributed by atoms with van der Waals surface area (Å²) in [5.74, 6) is 0.656. The van der Waals surface area contributed by atoms with Crippen molar-refractivity contribution in [2.75, 3.05) is 13.1 Å². The van der Waals surface area contributed by atoms with E-state index >= 15 is 0 Å². The fourth-order valence-corrected chi connectivity index (χ4v) is 3.36. The van der Waals surface area contributed by atoms with Crippen molar-refractivity contribution in [1.29, 1.82) is 0 Å². The first-order valence-electron chi connectivity index (χ1n) is 8.67. The van der Waals surface area contributed by atoms with Gasteiger partial charge >= 0.3 is 0 Å². The van der Waals surface area contributed by atoms with E-state index in [9.17, 15) is 9.59 Å². The Morgan fingerprint density at radius 3 is 2.77 bits per heavy atom. The molecule has 3 aromatic rings. The van der Waals surface area contributed by atoms with Crippen molar-refractivity contribution in [3.63, 3.8) is 0 Å². The maximum Gasteiger partial charge on any atom is 0.251 e. The maximum absolute atomic E-state index is 12.4. The van der Waals surface area contributed by atoms with Crippen LogP contribution in [0.2, 0.25) is 0 Å². The van der Waals surface area contributed by atoms with Crippen LogP contribution in [0.5, 0.6) is 0 Å². The molecular formula is C20H20N4O2. The van der Waals surface area contributed by atoms with Gasteiger partial charge in [-0.2, -0.15) is 0 Å². The Kier molecular flexibility index (Phi) is 4.16. The van der Waals surface area contributed by atoms with Gasteiger partial charge in [0.25, 0.3) is 5.91 Å². The Morgan fingerprint density at radius 2 is 1.92 bits per heavy atom. The number of fused-ring (bicyclic) bond motifs is 2. The molecule has 2 amide bonds. The van der Waals surface area contributed by atoms with Crippen molar-refractivity contribution in [1.82, 2.24) is 19.8 Å². The molecule has 1 N–H and O–H groups in total. The number of aromatic nitrogens is 2. The van der Waals surface area contributed by atoms with Gasteiger partial charge in [0.05, 0.1) is 25.0 Å². The minimum atomic E-state index is -0.234. The highest BCUT2D eigenvalue weighted by Crippen LogP contribution is 2.16. The van der Waals surface area contributed by atoms with Gasteiger partial charge in [-0.1, -0.05) is 30.3 Å². The summed E-state index contributed by atoms with van der Waals surface area (Å²) >= 11 is 0. The number of benzene rings is 2. The number of nitrogens with one attached hydrogen (secondary N) is 1. The molecule has 2 heterocycles. The van der Waals surface area contributed by atoms with Crippen molar-refractivity contribution in [3.05, 3.63) is 65.7 Å². The molecule has 0 aliphatic carbocycles. The molecule has 0 radical (unpaired) electrons. The molecule has 2 aromatic carbocycles. The molecule has 4 rings (SSSR count). The first-order valence-corrected chi connectivity index (χ1v) is 8.67. The van der Waals surface area contributed by atoms with Crippen molar-refractivity contribution >= 4 is 22.6 Å². The van der Waals surface area contributed by atoms with E-state index in [-0.39, 0.29) is 18.4 Å². The standard InChI is InChI=1S/C20H20N4O2/c1-14-21-11-18-13-23(8-9-24(14)18)19(25)12-22-20(26)17-7-6-15-4-2-3-5-16(15)10-17/h2-7,10-11H,8-9,12-13H2,1H3,(H,22,26). The molecule has 0 atom stereocenters. The summed E-state index contributed by atoms with van der Waals surface area (Å²) in [6.45, 7) is 3.87. The van der Waals surface area contributed by atoms with E-state index in [4.69, 9.17) is 0 Å². The molecule has 26 heavy (non-hydrogen) atoms. The lowest BCUT2D eigenvalue weighted by atomic mass is 10.1. The zero-order chi connectivity index (χ0) is 18.1. The Balaban J connectivity index is 1.38. The molecule has 0 unspecified atom stereocenters. The predicted molar refractivity (Wildman–Crippen MR) is 98.7 cm³/mol. The van der Waals surface area contributed by atoms with Gasteiger partial charge in [-0.05, 0) is 29.8 Å². The van der Waals surface area contributed by atoms with Crippen LogP contribution in [0.15, 0.2) is 48.7 Å². The molecule has 0 saturated heterocycles. The average Bonchev–Trinajstić information content (AvgIpc) is 3.05. The van der Waals surface area contributed by atoms with Crippen LogP contribution in [0.4, 0.5) is 0 Å². The molecule has 0 saturated carbocycles. The quantitative estimate of drug-likeness (QED) is 0.788. The third kappa shape index (κ3) is 3.06. The van der Waals surface area contributed by atoms with Crippen LogP contribution >= 0.6 is 0 Å². The summed E-state index contributed by atoms with van der Waals surface area (Å²) in [4.78, 5) is 30.9. The van der Waals surface area contributed by atoms with Crippen LogP contribution in [0.25, 0.3) is 10.8 Å². The van der Waals surface area contributed by atoms with Gasteiger partial charge in [0.1, 0.15) is 5.82 Å². The largest absolute Gasteiger partial charge is 0.343 e. The van der Waals surface area contributed by atoms with Crippen LogP contribution in [-0.4, -0.2) is 39.4 Å². The number of aryl methyl sites for hydroxylation is 1. The monoisotopic (exact) mass is 348 g/mol. The maximum atomic E-state index is 12.4. The van der Waals surface area contributed by atoms with Gasteiger partial charge in [0.2, 0.25) is 5.91 Å². The molecule has 132 valence electrons. The van der Waals surface area contributed by atoms with Crippen molar-refractivity contribution in [2.45, 2.75) is 20.0 Å². The summed E-state index contributed by atoms with van der Waals surface area (Å²) < 4.78 is 2.12. The summed E-state index contributed by atoms with van der Waals surface area (Å²) in [6.07, 6.45) is 1.81. The third-order valence-corrected chi connectivity index (χ3v) is 4.85. The summed E-state index contributed by atoms with van der Waals surface area (Å²) in [7, 11) is 0. The summed E-state index contributed by atoms with van der Waals surface area (Å²) in [5, 5.41) is 4.83. The number of rotatable bonds is 3. The van der Waals surface area contributed by atoms with Crippen LogP contribution in [0, 0.1) is 6.92 Å². The number of hydrogen-bond acceptors (Lipinski definition) is 3. The van der Waals surface area contributed by atoms with Gasteiger partial charge in [-0.15, -0.1) is 0 Å². The van der Waals surface area contributed by atoms with Crippen LogP contribution < -0.4 is 5.32 Å². The Labute approximate surface area is 151 Å². The first kappa shape index (κ1) is 16.3. The molecule has 0 fully saturated rings. The molecule has 1 aliphatic heterocycles. The normalized spacial score (nSPS) is 13.5. The Hall–Kier alpha value is -3.15. The molecule has 6 nitrogen and oxygen atoms in total. The van der Waals surface area contributed by atoms with Crippen LogP contribution in [0.3, 0.4) is 0 Å². The minimum Gasteiger partial charge on any atom is -0.343 e. The molecule has 0 spiro atoms. The lowest BCUT2D eigenvalue weighted by Crippen LogP contribution is -2.43. The SMILES string of the molecule is Cc1ncc2n1CCN(C(=O)CNC(=O)c1ccc3ccccc3c1)C2. The zero-order valence-corrected chi connectivity index (χ0v) is 14.6. The highest BCUT2D eigenvalue weighted by Gasteiger charge is 2.22. The smallest absolute Gasteiger partial charge is 0.251 e. The number of nitrogens with zero attached hydrogens (tertiary/aromatic N) is 3. The Morgan fingerprint density at radius 1 is 1.12 bits per heavy atom. The highest BCUT2D eigenvalue weighted by molar-refractivity contribution is 6.00. The second-order valence-corrected chi connectivity index (χ2v) is 6.51. The number of carbonyl (C=O) groups excluding carboxylic acids is 2. The van der Waals surface area contributed by atoms with Crippen molar-refractivity contribution in [2.24, 2.45) is 0 Å². The van der Waals surface area contributed by atoms with E-state index in [2.05, 4.69) is 14.9 Å². The number of hydrogen-bond donors (Lipinski definition) is 1. The highest BCUT2D eigenvalue weighted by atomic mass is 16.2. The predicted octanol–water partition coefficient (Wildman–Crippen LogP) is 2.12. The van der Waals surface area contributed by atoms with Crippen molar-refractivity contribution in [3.8, 4) is 0 Å². The summed E-state index contributed by atoms with van der Waals surface area (Å²) in [5.41, 5.74) is 1.59. The fourth-order valence-electron chi connectivity index (χ4n) is 3.36. The Bertz CT molecular complexity index is 992. The lowest BCUT2D eigenvalue weighted by molar-refractivity contribution is -0.131. The van der Waals surface area contributed by atoms with E-state index in [0.29, 0.717) is 18.7 Å². The molecule has 1 aliphatic rings. The lowest BCUT2D eigenvalue weighted by Gasteiger charge is -2.28. The van der Waals surface area contributed by atoms with Crippen LogP contribution in [0.1, 0.15) is 21.9 Å². The number of carbonyl (C=O) groups is 2. The number of imidazole rings is 1. The molecule has 1 aromatic heterocycles. The van der Waals surface area contributed by atoms with Crippen LogP contribution in [-0.2, 0) is 17.9 Å². The average molecular weight is 348 g/mol. The van der Waals surface area contributed by atoms with E-state index in [1.165, 1.54) is 0 Å². The fraction of sp³-hybridized carbons (Fsp3) is 0.250. The molecular weight excluding hydrogens is 328 g/mol. The van der Waals surface area contributed by atoms with Crippen molar-refractivity contribution < 1.29 is 9.59 Å².